The Morgan fingerprint density at radius 3 is 2.22 bits per heavy atom. The molecule has 5 heteroatoms. The highest BCUT2D eigenvalue weighted by Gasteiger charge is 2.06. The van der Waals surface area contributed by atoms with Crippen molar-refractivity contribution in [2.75, 3.05) is 11.9 Å². The van der Waals surface area contributed by atoms with Gasteiger partial charge in [-0.1, -0.05) is 24.3 Å². The molecule has 0 aliphatic carbocycles. The first kappa shape index (κ1) is 18.9. The van der Waals surface area contributed by atoms with Crippen LogP contribution in [-0.2, 0) is 17.6 Å². The van der Waals surface area contributed by atoms with Gasteiger partial charge in [-0.15, -0.1) is 0 Å². The van der Waals surface area contributed by atoms with Crippen LogP contribution >= 0.6 is 0 Å². The molecule has 0 spiro atoms. The summed E-state index contributed by atoms with van der Waals surface area (Å²) in [5, 5.41) is 16.3. The predicted octanol–water partition coefficient (Wildman–Crippen LogP) is 3.60. The molecule has 2 aromatic carbocycles. The highest BCUT2D eigenvalue weighted by Crippen LogP contribution is 2.15. The number of aryl methyl sites for hydroxylation is 3. The van der Waals surface area contributed by atoms with Gasteiger partial charge in [-0.05, 0) is 68.1 Å². The monoisotopic (exact) mass is 363 g/mol. The highest BCUT2D eigenvalue weighted by atomic mass is 16.3. The number of aromatic nitrogens is 2. The van der Waals surface area contributed by atoms with E-state index >= 15 is 0 Å². The summed E-state index contributed by atoms with van der Waals surface area (Å²) in [7, 11) is 0. The fourth-order valence-corrected chi connectivity index (χ4v) is 3.06. The molecule has 0 saturated heterocycles. The molecule has 0 bridgehead atoms. The molecule has 1 heterocycles. The van der Waals surface area contributed by atoms with E-state index in [4.69, 9.17) is 5.11 Å². The summed E-state index contributed by atoms with van der Waals surface area (Å²) < 4.78 is 1.92. The molecule has 3 aromatic rings. The molecule has 1 amide bonds. The lowest BCUT2D eigenvalue weighted by molar-refractivity contribution is -0.116. The summed E-state index contributed by atoms with van der Waals surface area (Å²) in [5.74, 6) is -0.00692. The molecule has 0 fully saturated rings. The van der Waals surface area contributed by atoms with Crippen LogP contribution in [0.1, 0.15) is 28.9 Å². The first-order valence-corrected chi connectivity index (χ1v) is 9.17. The van der Waals surface area contributed by atoms with E-state index in [1.54, 1.807) is 0 Å². The second-order valence-corrected chi connectivity index (χ2v) is 6.72. The van der Waals surface area contributed by atoms with Crippen LogP contribution in [0.4, 0.5) is 5.69 Å². The Hall–Kier alpha value is -2.92. The van der Waals surface area contributed by atoms with Crippen LogP contribution in [0, 0.1) is 13.8 Å². The van der Waals surface area contributed by atoms with Crippen molar-refractivity contribution in [3.8, 4) is 5.69 Å². The van der Waals surface area contributed by atoms with E-state index < -0.39 is 0 Å². The Morgan fingerprint density at radius 1 is 1.00 bits per heavy atom. The summed E-state index contributed by atoms with van der Waals surface area (Å²) in [6, 6.07) is 17.8. The van der Waals surface area contributed by atoms with E-state index in [1.165, 1.54) is 0 Å². The number of hydrogen-bond acceptors (Lipinski definition) is 3. The summed E-state index contributed by atoms with van der Waals surface area (Å²) in [4.78, 5) is 12.2. The lowest BCUT2D eigenvalue weighted by atomic mass is 10.1. The number of anilines is 1. The molecule has 0 atom stereocenters. The summed E-state index contributed by atoms with van der Waals surface area (Å²) >= 11 is 0. The maximum atomic E-state index is 12.2. The lowest BCUT2D eigenvalue weighted by Crippen LogP contribution is -2.12. The zero-order valence-corrected chi connectivity index (χ0v) is 15.8. The molecule has 140 valence electrons. The minimum atomic E-state index is -0.00692. The quantitative estimate of drug-likeness (QED) is 0.674. The van der Waals surface area contributed by atoms with Gasteiger partial charge >= 0.3 is 0 Å². The van der Waals surface area contributed by atoms with Gasteiger partial charge in [0.05, 0.1) is 11.4 Å². The average Bonchev–Trinajstić information content (AvgIpc) is 3.00. The molecule has 1 aromatic heterocycles. The molecule has 0 aliphatic rings. The van der Waals surface area contributed by atoms with E-state index in [-0.39, 0.29) is 12.5 Å². The van der Waals surface area contributed by atoms with Crippen molar-refractivity contribution < 1.29 is 9.90 Å². The fourth-order valence-electron chi connectivity index (χ4n) is 3.06. The van der Waals surface area contributed by atoms with Crippen LogP contribution in [0.15, 0.2) is 54.6 Å². The number of nitrogens with one attached hydrogen (secondary N) is 1. The Kier molecular flexibility index (Phi) is 6.04. The maximum absolute atomic E-state index is 12.2. The topological polar surface area (TPSA) is 67.2 Å². The molecule has 0 unspecified atom stereocenters. The van der Waals surface area contributed by atoms with Crippen molar-refractivity contribution in [3.63, 3.8) is 0 Å². The number of hydrogen-bond donors (Lipinski definition) is 2. The van der Waals surface area contributed by atoms with Crippen LogP contribution in [-0.4, -0.2) is 27.4 Å². The zero-order valence-electron chi connectivity index (χ0n) is 15.8. The van der Waals surface area contributed by atoms with Gasteiger partial charge in [-0.3, -0.25) is 4.79 Å². The molecule has 0 aliphatic heterocycles. The van der Waals surface area contributed by atoms with E-state index in [0.29, 0.717) is 19.3 Å². The third-order valence-corrected chi connectivity index (χ3v) is 4.47. The second-order valence-electron chi connectivity index (χ2n) is 6.72. The zero-order chi connectivity index (χ0) is 19.2. The van der Waals surface area contributed by atoms with Crippen molar-refractivity contribution in [2.24, 2.45) is 0 Å². The molecule has 27 heavy (non-hydrogen) atoms. The Bertz CT molecular complexity index is 896. The van der Waals surface area contributed by atoms with E-state index in [1.807, 2.05) is 67.1 Å². The van der Waals surface area contributed by atoms with E-state index in [9.17, 15) is 4.79 Å². The van der Waals surface area contributed by atoms with Gasteiger partial charge in [0.25, 0.3) is 0 Å². The minimum Gasteiger partial charge on any atom is -0.396 e. The van der Waals surface area contributed by atoms with Gasteiger partial charge in [0.2, 0.25) is 5.91 Å². The molecular formula is C22H25N3O2. The van der Waals surface area contributed by atoms with Crippen molar-refractivity contribution >= 4 is 11.6 Å². The molecule has 5 nitrogen and oxygen atoms in total. The van der Waals surface area contributed by atoms with Crippen LogP contribution in [0.2, 0.25) is 0 Å². The smallest absolute Gasteiger partial charge is 0.224 e. The van der Waals surface area contributed by atoms with Gasteiger partial charge in [-0.2, -0.15) is 5.10 Å². The largest absolute Gasteiger partial charge is 0.396 e. The Labute approximate surface area is 159 Å². The maximum Gasteiger partial charge on any atom is 0.224 e. The average molecular weight is 363 g/mol. The van der Waals surface area contributed by atoms with Crippen molar-refractivity contribution in [1.29, 1.82) is 0 Å². The number of carbonyl (C=O) groups is 1. The molecule has 3 rings (SSSR count). The number of carbonyl (C=O) groups excluding carboxylic acids is 1. The molecule has 0 radical (unpaired) electrons. The van der Waals surface area contributed by atoms with Gasteiger partial charge in [0.15, 0.2) is 0 Å². The number of aliphatic hydroxyl groups excluding tert-OH is 1. The number of benzene rings is 2. The van der Waals surface area contributed by atoms with Crippen LogP contribution in [0.25, 0.3) is 5.69 Å². The predicted molar refractivity (Wildman–Crippen MR) is 107 cm³/mol. The minimum absolute atomic E-state index is 0.00692. The van der Waals surface area contributed by atoms with Crippen LogP contribution < -0.4 is 5.32 Å². The first-order valence-electron chi connectivity index (χ1n) is 9.17. The molecule has 2 N–H and O–H groups in total. The van der Waals surface area contributed by atoms with Crippen LogP contribution in [0.3, 0.4) is 0 Å². The van der Waals surface area contributed by atoms with E-state index in [2.05, 4.69) is 16.5 Å². The Balaban J connectivity index is 1.53. The molecular weight excluding hydrogens is 338 g/mol. The Morgan fingerprint density at radius 2 is 1.63 bits per heavy atom. The fraction of sp³-hybridized carbons (Fsp3) is 0.273. The number of nitrogens with zero attached hydrogens (tertiary/aromatic N) is 2. The number of aliphatic hydroxyl groups is 1. The third kappa shape index (κ3) is 5.05. The van der Waals surface area contributed by atoms with Crippen molar-refractivity contribution in [2.45, 2.75) is 33.1 Å². The van der Waals surface area contributed by atoms with Gasteiger partial charge in [0.1, 0.15) is 0 Å². The lowest BCUT2D eigenvalue weighted by Gasteiger charge is -2.08. The van der Waals surface area contributed by atoms with Crippen LogP contribution in [0.5, 0.6) is 0 Å². The number of amides is 1. The SMILES string of the molecule is Cc1cc(C)n(-c2ccc(CCC(=O)Nc3ccc(CCO)cc3)cc2)n1. The van der Waals surface area contributed by atoms with Crippen molar-refractivity contribution in [1.82, 2.24) is 9.78 Å². The van der Waals surface area contributed by atoms with Crippen molar-refractivity contribution in [3.05, 3.63) is 77.1 Å². The summed E-state index contributed by atoms with van der Waals surface area (Å²) in [6.07, 6.45) is 1.74. The van der Waals surface area contributed by atoms with Gasteiger partial charge < -0.3 is 10.4 Å². The van der Waals surface area contributed by atoms with Gasteiger partial charge in [0, 0.05) is 24.4 Å². The summed E-state index contributed by atoms with van der Waals surface area (Å²) in [6.45, 7) is 4.15. The standard InChI is InChI=1S/C22H25N3O2/c1-16-15-17(2)25(24-16)21-10-5-18(6-11-21)7-12-22(27)23-20-8-3-19(4-9-20)13-14-26/h3-6,8-11,15,26H,7,12-14H2,1-2H3,(H,23,27). The summed E-state index contributed by atoms with van der Waals surface area (Å²) in [5.41, 5.74) is 6.08. The normalized spacial score (nSPS) is 10.8. The molecule has 0 saturated carbocycles. The third-order valence-electron chi connectivity index (χ3n) is 4.47. The first-order chi connectivity index (χ1) is 13.0. The second kappa shape index (κ2) is 8.64. The van der Waals surface area contributed by atoms with E-state index in [0.717, 1.165) is 33.9 Å². The van der Waals surface area contributed by atoms with Gasteiger partial charge in [-0.25, -0.2) is 4.68 Å². The number of rotatable bonds is 7. The highest BCUT2D eigenvalue weighted by molar-refractivity contribution is 5.90.